The predicted molar refractivity (Wildman–Crippen MR) is 80.2 cm³/mol. The molecule has 0 amide bonds. The zero-order valence-corrected chi connectivity index (χ0v) is 12.3. The van der Waals surface area contributed by atoms with E-state index in [0.717, 1.165) is 23.9 Å². The van der Waals surface area contributed by atoms with Crippen molar-refractivity contribution in [3.05, 3.63) is 0 Å². The summed E-state index contributed by atoms with van der Waals surface area (Å²) >= 11 is 2.14. The molecule has 2 nitrogen and oxygen atoms in total. The summed E-state index contributed by atoms with van der Waals surface area (Å²) in [5.74, 6) is 4.65. The molecule has 3 heteroatoms. The second-order valence-electron chi connectivity index (χ2n) is 6.40. The first-order valence-electron chi connectivity index (χ1n) is 7.98. The SMILES string of the molecule is C1CNC(C2CCCCC2NCC2CCSC2)C1. The largest absolute Gasteiger partial charge is 0.314 e. The molecule has 0 bridgehead atoms. The van der Waals surface area contributed by atoms with Crippen LogP contribution < -0.4 is 10.6 Å². The summed E-state index contributed by atoms with van der Waals surface area (Å²) in [6, 6.07) is 1.63. The lowest BCUT2D eigenvalue weighted by molar-refractivity contribution is 0.210. The van der Waals surface area contributed by atoms with Crippen molar-refractivity contribution in [3.63, 3.8) is 0 Å². The summed E-state index contributed by atoms with van der Waals surface area (Å²) in [5, 5.41) is 7.68. The molecule has 4 unspecified atom stereocenters. The summed E-state index contributed by atoms with van der Waals surface area (Å²) in [6.07, 6.45) is 10.0. The molecular weight excluding hydrogens is 240 g/mol. The highest BCUT2D eigenvalue weighted by Crippen LogP contribution is 2.31. The smallest absolute Gasteiger partial charge is 0.0111 e. The van der Waals surface area contributed by atoms with Crippen molar-refractivity contribution in [2.45, 2.75) is 57.0 Å². The molecule has 0 radical (unpaired) electrons. The lowest BCUT2D eigenvalue weighted by Crippen LogP contribution is -2.48. The number of hydrogen-bond donors (Lipinski definition) is 2. The highest BCUT2D eigenvalue weighted by atomic mass is 32.2. The first kappa shape index (κ1) is 13.3. The van der Waals surface area contributed by atoms with E-state index in [1.165, 1.54) is 69.5 Å². The van der Waals surface area contributed by atoms with E-state index < -0.39 is 0 Å². The van der Waals surface area contributed by atoms with Crippen LogP contribution in [0.5, 0.6) is 0 Å². The molecule has 0 aromatic carbocycles. The molecule has 2 saturated heterocycles. The average Bonchev–Trinajstić information content (AvgIpc) is 3.10. The molecule has 2 heterocycles. The Labute approximate surface area is 116 Å². The van der Waals surface area contributed by atoms with E-state index >= 15 is 0 Å². The monoisotopic (exact) mass is 268 g/mol. The van der Waals surface area contributed by atoms with Crippen molar-refractivity contribution in [3.8, 4) is 0 Å². The van der Waals surface area contributed by atoms with Crippen molar-refractivity contribution in [2.24, 2.45) is 11.8 Å². The zero-order valence-electron chi connectivity index (χ0n) is 11.5. The Balaban J connectivity index is 1.50. The highest BCUT2D eigenvalue weighted by Gasteiger charge is 2.33. The molecule has 4 atom stereocenters. The summed E-state index contributed by atoms with van der Waals surface area (Å²) in [6.45, 7) is 2.54. The molecule has 3 rings (SSSR count). The van der Waals surface area contributed by atoms with Gasteiger partial charge in [-0.15, -0.1) is 0 Å². The fraction of sp³-hybridized carbons (Fsp3) is 1.00. The molecule has 3 fully saturated rings. The molecule has 18 heavy (non-hydrogen) atoms. The summed E-state index contributed by atoms with van der Waals surface area (Å²) in [4.78, 5) is 0. The lowest BCUT2D eigenvalue weighted by Gasteiger charge is -2.37. The van der Waals surface area contributed by atoms with E-state index in [1.54, 1.807) is 0 Å². The van der Waals surface area contributed by atoms with Crippen LogP contribution in [0.1, 0.15) is 44.9 Å². The van der Waals surface area contributed by atoms with Crippen LogP contribution in [0.4, 0.5) is 0 Å². The highest BCUT2D eigenvalue weighted by molar-refractivity contribution is 7.99. The minimum absolute atomic E-state index is 0.806. The van der Waals surface area contributed by atoms with E-state index in [4.69, 9.17) is 0 Å². The van der Waals surface area contributed by atoms with Crippen molar-refractivity contribution in [1.82, 2.24) is 10.6 Å². The third-order valence-corrected chi connectivity index (χ3v) is 6.36. The van der Waals surface area contributed by atoms with Crippen LogP contribution in [-0.2, 0) is 0 Å². The maximum atomic E-state index is 3.94. The quantitative estimate of drug-likeness (QED) is 0.820. The van der Waals surface area contributed by atoms with Gasteiger partial charge in [0, 0.05) is 12.1 Å². The number of rotatable bonds is 4. The van der Waals surface area contributed by atoms with Gasteiger partial charge in [-0.25, -0.2) is 0 Å². The Hall–Kier alpha value is 0.270. The third kappa shape index (κ3) is 3.23. The van der Waals surface area contributed by atoms with Crippen LogP contribution in [0.25, 0.3) is 0 Å². The van der Waals surface area contributed by atoms with E-state index in [9.17, 15) is 0 Å². The maximum absolute atomic E-state index is 3.94. The molecule has 1 saturated carbocycles. The van der Waals surface area contributed by atoms with Gasteiger partial charge in [0.15, 0.2) is 0 Å². The molecule has 2 aliphatic heterocycles. The third-order valence-electron chi connectivity index (χ3n) is 5.13. The van der Waals surface area contributed by atoms with Crippen LogP contribution in [-0.4, -0.2) is 36.7 Å². The van der Waals surface area contributed by atoms with Crippen molar-refractivity contribution in [2.75, 3.05) is 24.6 Å². The van der Waals surface area contributed by atoms with Gasteiger partial charge >= 0.3 is 0 Å². The van der Waals surface area contributed by atoms with Gasteiger partial charge < -0.3 is 10.6 Å². The summed E-state index contributed by atoms with van der Waals surface area (Å²) in [5.41, 5.74) is 0. The van der Waals surface area contributed by atoms with Gasteiger partial charge in [-0.2, -0.15) is 11.8 Å². The van der Waals surface area contributed by atoms with E-state index in [2.05, 4.69) is 22.4 Å². The van der Waals surface area contributed by atoms with Crippen LogP contribution in [0.2, 0.25) is 0 Å². The van der Waals surface area contributed by atoms with Crippen molar-refractivity contribution < 1.29 is 0 Å². The molecule has 3 aliphatic rings. The fourth-order valence-electron chi connectivity index (χ4n) is 4.03. The number of nitrogens with one attached hydrogen (secondary N) is 2. The average molecular weight is 268 g/mol. The van der Waals surface area contributed by atoms with E-state index in [-0.39, 0.29) is 0 Å². The Morgan fingerprint density at radius 2 is 2.00 bits per heavy atom. The Kier molecular flexibility index (Phi) is 4.88. The first-order valence-corrected chi connectivity index (χ1v) is 9.13. The normalized spacial score (nSPS) is 41.3. The Morgan fingerprint density at radius 3 is 2.78 bits per heavy atom. The molecular formula is C15H28N2S. The molecule has 1 aliphatic carbocycles. The standard InChI is InChI=1S/C15H28N2S/c1-2-5-15(17-10-12-7-9-18-11-12)13(4-1)14-6-3-8-16-14/h12-17H,1-11H2. The van der Waals surface area contributed by atoms with Crippen LogP contribution in [0.15, 0.2) is 0 Å². The van der Waals surface area contributed by atoms with Crippen molar-refractivity contribution >= 4 is 11.8 Å². The number of thioether (sulfide) groups is 1. The van der Waals surface area contributed by atoms with Crippen molar-refractivity contribution in [1.29, 1.82) is 0 Å². The molecule has 0 aromatic heterocycles. The van der Waals surface area contributed by atoms with Gasteiger partial charge in [0.05, 0.1) is 0 Å². The van der Waals surface area contributed by atoms with Gasteiger partial charge in [0.1, 0.15) is 0 Å². The van der Waals surface area contributed by atoms with Gasteiger partial charge in [-0.3, -0.25) is 0 Å². The minimum Gasteiger partial charge on any atom is -0.314 e. The van der Waals surface area contributed by atoms with Gasteiger partial charge in [-0.05, 0) is 68.5 Å². The Morgan fingerprint density at radius 1 is 1.06 bits per heavy atom. The summed E-state index contributed by atoms with van der Waals surface area (Å²) in [7, 11) is 0. The maximum Gasteiger partial charge on any atom is 0.0111 e. The van der Waals surface area contributed by atoms with Gasteiger partial charge in [0.2, 0.25) is 0 Å². The van der Waals surface area contributed by atoms with E-state index in [0.29, 0.717) is 0 Å². The summed E-state index contributed by atoms with van der Waals surface area (Å²) < 4.78 is 0. The van der Waals surface area contributed by atoms with Gasteiger partial charge in [-0.1, -0.05) is 12.8 Å². The second kappa shape index (κ2) is 6.62. The molecule has 2 N–H and O–H groups in total. The second-order valence-corrected chi connectivity index (χ2v) is 7.55. The number of hydrogen-bond acceptors (Lipinski definition) is 3. The first-order chi connectivity index (χ1) is 8.93. The molecule has 104 valence electrons. The van der Waals surface area contributed by atoms with E-state index in [1.807, 2.05) is 0 Å². The van der Waals surface area contributed by atoms with Gasteiger partial charge in [0.25, 0.3) is 0 Å². The molecule has 0 spiro atoms. The van der Waals surface area contributed by atoms with Crippen LogP contribution in [0, 0.1) is 11.8 Å². The minimum atomic E-state index is 0.806. The molecule has 0 aromatic rings. The zero-order chi connectivity index (χ0) is 12.2. The fourth-order valence-corrected chi connectivity index (χ4v) is 5.32. The topological polar surface area (TPSA) is 24.1 Å². The van der Waals surface area contributed by atoms with Crippen LogP contribution >= 0.6 is 11.8 Å². The predicted octanol–water partition coefficient (Wildman–Crippen LogP) is 2.64. The lowest BCUT2D eigenvalue weighted by atomic mass is 9.79. The van der Waals surface area contributed by atoms with Crippen LogP contribution in [0.3, 0.4) is 0 Å². The Bertz CT molecular complexity index is 247.